The van der Waals surface area contributed by atoms with Crippen molar-refractivity contribution in [3.63, 3.8) is 0 Å². The molecule has 6 heteroatoms. The highest BCUT2D eigenvalue weighted by Crippen LogP contribution is 2.36. The maximum absolute atomic E-state index is 13.4. The Hall–Kier alpha value is -3.67. The van der Waals surface area contributed by atoms with E-state index in [-0.39, 0.29) is 30.0 Å². The number of aromatic nitrogens is 1. The normalized spacial score (nSPS) is 18.2. The largest absolute Gasteiger partial charge is 0.444 e. The van der Waals surface area contributed by atoms with Crippen molar-refractivity contribution in [1.29, 1.82) is 0 Å². The van der Waals surface area contributed by atoms with Crippen LogP contribution < -0.4 is 5.32 Å². The fourth-order valence-corrected chi connectivity index (χ4v) is 5.20. The van der Waals surface area contributed by atoms with Gasteiger partial charge in [0.25, 0.3) is 5.91 Å². The molecule has 38 heavy (non-hydrogen) atoms. The molecular weight excluding hydrogens is 474 g/mol. The van der Waals surface area contributed by atoms with Gasteiger partial charge in [-0.2, -0.15) is 0 Å². The Morgan fingerprint density at radius 3 is 2.37 bits per heavy atom. The van der Waals surface area contributed by atoms with Crippen LogP contribution in [0.4, 0.5) is 4.79 Å². The quantitative estimate of drug-likeness (QED) is 0.391. The predicted octanol–water partition coefficient (Wildman–Crippen LogP) is 6.17. The fourth-order valence-electron chi connectivity index (χ4n) is 5.20. The van der Waals surface area contributed by atoms with Crippen molar-refractivity contribution in [3.8, 4) is 0 Å². The molecule has 3 atom stereocenters. The van der Waals surface area contributed by atoms with E-state index in [0.717, 1.165) is 30.5 Å². The fraction of sp³-hybridized carbons (Fsp3) is 0.406. The molecule has 0 aliphatic carbocycles. The van der Waals surface area contributed by atoms with Gasteiger partial charge in [-0.25, -0.2) is 4.79 Å². The summed E-state index contributed by atoms with van der Waals surface area (Å²) in [5.41, 5.74) is 3.35. The van der Waals surface area contributed by atoms with Crippen LogP contribution in [0.3, 0.4) is 0 Å². The summed E-state index contributed by atoms with van der Waals surface area (Å²) >= 11 is 0. The second-order valence-electron chi connectivity index (χ2n) is 11.1. The first kappa shape index (κ1) is 27.4. The first-order valence-corrected chi connectivity index (χ1v) is 13.5. The average molecular weight is 514 g/mol. The van der Waals surface area contributed by atoms with Crippen molar-refractivity contribution in [2.24, 2.45) is 0 Å². The Kier molecular flexibility index (Phi) is 8.82. The number of nitrogens with one attached hydrogen (secondary N) is 1. The zero-order chi connectivity index (χ0) is 27.1. The Morgan fingerprint density at radius 1 is 1.00 bits per heavy atom. The summed E-state index contributed by atoms with van der Waals surface area (Å²) in [6.07, 6.45) is 4.76. The van der Waals surface area contributed by atoms with Gasteiger partial charge in [-0.15, -0.1) is 0 Å². The predicted molar refractivity (Wildman–Crippen MR) is 150 cm³/mol. The minimum Gasteiger partial charge on any atom is -0.444 e. The van der Waals surface area contributed by atoms with E-state index in [9.17, 15) is 9.59 Å². The van der Waals surface area contributed by atoms with E-state index in [4.69, 9.17) is 4.74 Å². The molecule has 1 fully saturated rings. The minimum absolute atomic E-state index is 0.0408. The monoisotopic (exact) mass is 513 g/mol. The number of hydrogen-bond donors (Lipinski definition) is 1. The van der Waals surface area contributed by atoms with E-state index >= 15 is 0 Å². The van der Waals surface area contributed by atoms with E-state index < -0.39 is 5.60 Å². The summed E-state index contributed by atoms with van der Waals surface area (Å²) < 4.78 is 5.86. The SMILES string of the molecule is C[C@H](c1ccccc1)[C@H]1CCC(Cc2ccc(C(=O)NCCc3ccccn3)cc2)N1C(=O)OC(C)(C)C. The molecule has 1 aliphatic heterocycles. The Balaban J connectivity index is 1.41. The third kappa shape index (κ3) is 7.21. The molecule has 0 bridgehead atoms. The van der Waals surface area contributed by atoms with Gasteiger partial charge in [0, 0.05) is 48.4 Å². The first-order chi connectivity index (χ1) is 18.2. The molecule has 4 rings (SSSR count). The van der Waals surface area contributed by atoms with Crippen LogP contribution in [0.25, 0.3) is 0 Å². The lowest BCUT2D eigenvalue weighted by Gasteiger charge is -2.35. The summed E-state index contributed by atoms with van der Waals surface area (Å²) in [4.78, 5) is 32.3. The summed E-state index contributed by atoms with van der Waals surface area (Å²) in [5, 5.41) is 2.97. The molecule has 0 saturated carbocycles. The van der Waals surface area contributed by atoms with Gasteiger partial charge in [0.05, 0.1) is 0 Å². The van der Waals surface area contributed by atoms with Crippen LogP contribution >= 0.6 is 0 Å². The topological polar surface area (TPSA) is 71.5 Å². The summed E-state index contributed by atoms with van der Waals surface area (Å²) in [6.45, 7) is 8.45. The van der Waals surface area contributed by atoms with E-state index in [1.54, 1.807) is 6.20 Å². The van der Waals surface area contributed by atoms with Crippen molar-refractivity contribution >= 4 is 12.0 Å². The van der Waals surface area contributed by atoms with E-state index in [1.807, 2.05) is 86.3 Å². The molecule has 2 amide bonds. The van der Waals surface area contributed by atoms with Gasteiger partial charge in [0.15, 0.2) is 0 Å². The number of likely N-dealkylation sites (tertiary alicyclic amines) is 1. The maximum atomic E-state index is 13.4. The molecule has 2 aromatic carbocycles. The number of rotatable bonds is 8. The molecule has 1 N–H and O–H groups in total. The van der Waals surface area contributed by atoms with E-state index in [1.165, 1.54) is 5.56 Å². The molecule has 3 aromatic rings. The van der Waals surface area contributed by atoms with E-state index in [0.29, 0.717) is 18.5 Å². The lowest BCUT2D eigenvalue weighted by molar-refractivity contribution is 0.0126. The highest BCUT2D eigenvalue weighted by Gasteiger charge is 2.41. The molecule has 2 heterocycles. The first-order valence-electron chi connectivity index (χ1n) is 13.5. The highest BCUT2D eigenvalue weighted by molar-refractivity contribution is 5.94. The van der Waals surface area contributed by atoms with Crippen molar-refractivity contribution < 1.29 is 14.3 Å². The number of nitrogens with zero attached hydrogens (tertiary/aromatic N) is 2. The number of amides is 2. The number of pyridine rings is 1. The molecule has 1 saturated heterocycles. The lowest BCUT2D eigenvalue weighted by atomic mass is 9.92. The third-order valence-electron chi connectivity index (χ3n) is 7.13. The number of ether oxygens (including phenoxy) is 1. The molecule has 6 nitrogen and oxygen atoms in total. The number of benzene rings is 2. The van der Waals surface area contributed by atoms with Gasteiger partial charge in [0.2, 0.25) is 0 Å². The van der Waals surface area contributed by atoms with Crippen molar-refractivity contribution in [3.05, 3.63) is 101 Å². The number of hydrogen-bond acceptors (Lipinski definition) is 4. The number of carbonyl (C=O) groups excluding carboxylic acids is 2. The van der Waals surface area contributed by atoms with Crippen LogP contribution in [0.5, 0.6) is 0 Å². The molecular formula is C32H39N3O3. The van der Waals surface area contributed by atoms with Crippen LogP contribution in [0, 0.1) is 0 Å². The smallest absolute Gasteiger partial charge is 0.410 e. The molecule has 0 radical (unpaired) electrons. The van der Waals surface area contributed by atoms with Crippen LogP contribution in [-0.4, -0.2) is 46.1 Å². The van der Waals surface area contributed by atoms with Crippen LogP contribution in [-0.2, 0) is 17.6 Å². The van der Waals surface area contributed by atoms with Gasteiger partial charge in [0.1, 0.15) is 5.60 Å². The average Bonchev–Trinajstić information content (AvgIpc) is 3.32. The molecule has 200 valence electrons. The lowest BCUT2D eigenvalue weighted by Crippen LogP contribution is -2.46. The van der Waals surface area contributed by atoms with Crippen LogP contribution in [0.15, 0.2) is 79.0 Å². The Morgan fingerprint density at radius 2 is 1.71 bits per heavy atom. The highest BCUT2D eigenvalue weighted by atomic mass is 16.6. The van der Waals surface area contributed by atoms with Gasteiger partial charge < -0.3 is 15.0 Å². The van der Waals surface area contributed by atoms with Gasteiger partial charge in [-0.1, -0.05) is 55.5 Å². The summed E-state index contributed by atoms with van der Waals surface area (Å²) in [7, 11) is 0. The molecule has 0 spiro atoms. The van der Waals surface area contributed by atoms with Crippen LogP contribution in [0.1, 0.15) is 73.6 Å². The van der Waals surface area contributed by atoms with Crippen molar-refractivity contribution in [2.75, 3.05) is 6.54 Å². The van der Waals surface area contributed by atoms with Crippen molar-refractivity contribution in [1.82, 2.24) is 15.2 Å². The summed E-state index contributed by atoms with van der Waals surface area (Å²) in [6, 6.07) is 24.0. The third-order valence-corrected chi connectivity index (χ3v) is 7.13. The zero-order valence-electron chi connectivity index (χ0n) is 22.9. The number of carbonyl (C=O) groups is 2. The van der Waals surface area contributed by atoms with Crippen LogP contribution in [0.2, 0.25) is 0 Å². The standard InChI is InChI=1S/C32H39N3O3/c1-23(25-10-6-5-7-11-25)29-18-17-28(35(29)31(37)38-32(2,3)4)22-24-13-15-26(16-14-24)30(36)34-21-19-27-12-8-9-20-33-27/h5-16,20,23,28-29H,17-19,21-22H2,1-4H3,(H,34,36)/t23-,28?,29-/m1/s1. The second kappa shape index (κ2) is 12.2. The van der Waals surface area contributed by atoms with Gasteiger partial charge in [-0.05, 0) is 75.4 Å². The van der Waals surface area contributed by atoms with Gasteiger partial charge >= 0.3 is 6.09 Å². The Labute approximate surface area is 226 Å². The molecule has 1 aromatic heterocycles. The zero-order valence-corrected chi connectivity index (χ0v) is 22.9. The van der Waals surface area contributed by atoms with Crippen molar-refractivity contribution in [2.45, 2.75) is 77.0 Å². The Bertz CT molecular complexity index is 1190. The maximum Gasteiger partial charge on any atom is 0.410 e. The second-order valence-corrected chi connectivity index (χ2v) is 11.1. The van der Waals surface area contributed by atoms with Gasteiger partial charge in [-0.3, -0.25) is 9.78 Å². The van der Waals surface area contributed by atoms with E-state index in [2.05, 4.69) is 29.4 Å². The minimum atomic E-state index is -0.559. The summed E-state index contributed by atoms with van der Waals surface area (Å²) in [5.74, 6) is 0.103. The molecule has 1 unspecified atom stereocenters. The molecule has 1 aliphatic rings.